The van der Waals surface area contributed by atoms with E-state index >= 15 is 0 Å². The smallest absolute Gasteiger partial charge is 0.156 e. The number of nitrogens with zero attached hydrogens (tertiary/aromatic N) is 1. The lowest BCUT2D eigenvalue weighted by Gasteiger charge is -2.26. The van der Waals surface area contributed by atoms with Gasteiger partial charge in [0.25, 0.3) is 0 Å². The van der Waals surface area contributed by atoms with Gasteiger partial charge in [0.15, 0.2) is 6.29 Å². The molecule has 0 amide bonds. The van der Waals surface area contributed by atoms with E-state index in [1.807, 2.05) is 13.8 Å². The maximum atomic E-state index is 5.68. The molecule has 13 heavy (non-hydrogen) atoms. The van der Waals surface area contributed by atoms with Crippen molar-refractivity contribution in [2.75, 3.05) is 19.7 Å². The Bertz CT molecular complexity index is 135. The number of ether oxygens (including phenoxy) is 2. The van der Waals surface area contributed by atoms with Gasteiger partial charge in [-0.05, 0) is 33.6 Å². The van der Waals surface area contributed by atoms with Crippen molar-refractivity contribution in [1.82, 2.24) is 4.90 Å². The minimum Gasteiger partial charge on any atom is -0.353 e. The normalized spacial score (nSPS) is 23.3. The van der Waals surface area contributed by atoms with Crippen LogP contribution in [0.3, 0.4) is 0 Å². The first kappa shape index (κ1) is 11.0. The van der Waals surface area contributed by atoms with E-state index in [-0.39, 0.29) is 12.5 Å². The van der Waals surface area contributed by atoms with Crippen molar-refractivity contribution in [2.45, 2.75) is 46.1 Å². The minimum absolute atomic E-state index is 0.0828. The molecule has 2 atom stereocenters. The molecule has 78 valence electrons. The Balaban J connectivity index is 2.18. The largest absolute Gasteiger partial charge is 0.353 e. The molecule has 0 bridgehead atoms. The summed E-state index contributed by atoms with van der Waals surface area (Å²) in [6, 6.07) is 0. The Hall–Kier alpha value is -0.120. The van der Waals surface area contributed by atoms with Crippen molar-refractivity contribution in [2.24, 2.45) is 0 Å². The van der Waals surface area contributed by atoms with E-state index in [0.717, 1.165) is 0 Å². The highest BCUT2D eigenvalue weighted by atomic mass is 16.7. The molecule has 0 aromatic rings. The predicted octanol–water partition coefficient (Wildman–Crippen LogP) is 1.83. The standard InChI is InChI=1S/C10H21NO2/c1-4-12-10(3)13-9(2)11-7-5-6-8-11/h9-10H,4-8H2,1-3H3. The Morgan fingerprint density at radius 3 is 2.38 bits per heavy atom. The van der Waals surface area contributed by atoms with Crippen molar-refractivity contribution in [3.8, 4) is 0 Å². The van der Waals surface area contributed by atoms with Gasteiger partial charge in [0.2, 0.25) is 0 Å². The molecule has 0 aliphatic carbocycles. The van der Waals surface area contributed by atoms with Crippen LogP contribution in [0.1, 0.15) is 33.6 Å². The molecule has 0 spiro atoms. The van der Waals surface area contributed by atoms with E-state index in [4.69, 9.17) is 9.47 Å². The summed E-state index contributed by atoms with van der Waals surface area (Å²) in [7, 11) is 0. The van der Waals surface area contributed by atoms with Gasteiger partial charge in [-0.3, -0.25) is 4.90 Å². The second-order valence-electron chi connectivity index (χ2n) is 3.50. The first-order valence-corrected chi connectivity index (χ1v) is 5.25. The molecule has 1 saturated heterocycles. The second-order valence-corrected chi connectivity index (χ2v) is 3.50. The van der Waals surface area contributed by atoms with Gasteiger partial charge in [0.05, 0.1) is 0 Å². The van der Waals surface area contributed by atoms with Gasteiger partial charge < -0.3 is 9.47 Å². The SMILES string of the molecule is CCOC(C)OC(C)N1CCCC1. The van der Waals surface area contributed by atoms with Gasteiger partial charge in [0, 0.05) is 19.7 Å². The molecular formula is C10H21NO2. The fourth-order valence-electron chi connectivity index (χ4n) is 1.74. The third kappa shape index (κ3) is 3.63. The first-order valence-electron chi connectivity index (χ1n) is 5.25. The van der Waals surface area contributed by atoms with Crippen LogP contribution < -0.4 is 0 Å². The summed E-state index contributed by atoms with van der Waals surface area (Å²) in [6.07, 6.45) is 2.72. The fourth-order valence-corrected chi connectivity index (χ4v) is 1.74. The van der Waals surface area contributed by atoms with Gasteiger partial charge in [0.1, 0.15) is 6.23 Å². The maximum absolute atomic E-state index is 5.68. The molecule has 1 aliphatic rings. The van der Waals surface area contributed by atoms with Crippen molar-refractivity contribution >= 4 is 0 Å². The van der Waals surface area contributed by atoms with Crippen LogP contribution in [0.5, 0.6) is 0 Å². The first-order chi connectivity index (χ1) is 6.24. The molecule has 0 radical (unpaired) electrons. The van der Waals surface area contributed by atoms with Gasteiger partial charge in [-0.1, -0.05) is 0 Å². The molecule has 0 N–H and O–H groups in total. The molecule has 1 fully saturated rings. The van der Waals surface area contributed by atoms with Crippen LogP contribution in [0.2, 0.25) is 0 Å². The third-order valence-corrected chi connectivity index (χ3v) is 2.44. The topological polar surface area (TPSA) is 21.7 Å². The highest BCUT2D eigenvalue weighted by molar-refractivity contribution is 4.67. The monoisotopic (exact) mass is 187 g/mol. The second kappa shape index (κ2) is 5.58. The van der Waals surface area contributed by atoms with Gasteiger partial charge in [-0.25, -0.2) is 0 Å². The van der Waals surface area contributed by atoms with Crippen LogP contribution in [-0.4, -0.2) is 37.1 Å². The number of hydrogen-bond donors (Lipinski definition) is 0. The molecule has 1 rings (SSSR count). The number of rotatable bonds is 5. The quantitative estimate of drug-likeness (QED) is 0.613. The summed E-state index contributed by atoms with van der Waals surface area (Å²) in [4.78, 5) is 2.36. The third-order valence-electron chi connectivity index (χ3n) is 2.44. The highest BCUT2D eigenvalue weighted by Gasteiger charge is 2.19. The summed E-state index contributed by atoms with van der Waals surface area (Å²) >= 11 is 0. The maximum Gasteiger partial charge on any atom is 0.156 e. The van der Waals surface area contributed by atoms with Gasteiger partial charge in [-0.2, -0.15) is 0 Å². The Labute approximate surface area is 81.0 Å². The minimum atomic E-state index is -0.0828. The molecule has 1 heterocycles. The molecule has 0 aromatic carbocycles. The van der Waals surface area contributed by atoms with E-state index in [2.05, 4.69) is 11.8 Å². The lowest BCUT2D eigenvalue weighted by atomic mass is 10.4. The van der Waals surface area contributed by atoms with Crippen LogP contribution in [0.4, 0.5) is 0 Å². The van der Waals surface area contributed by atoms with E-state index in [0.29, 0.717) is 6.61 Å². The molecule has 3 nitrogen and oxygen atoms in total. The van der Waals surface area contributed by atoms with E-state index in [9.17, 15) is 0 Å². The van der Waals surface area contributed by atoms with E-state index < -0.39 is 0 Å². The lowest BCUT2D eigenvalue weighted by Crippen LogP contribution is -2.35. The van der Waals surface area contributed by atoms with Crippen LogP contribution >= 0.6 is 0 Å². The number of hydrogen-bond acceptors (Lipinski definition) is 3. The summed E-state index contributed by atoms with van der Waals surface area (Å²) in [6.45, 7) is 9.09. The molecule has 0 aromatic heterocycles. The molecule has 0 saturated carbocycles. The average Bonchev–Trinajstić information content (AvgIpc) is 2.55. The summed E-state index contributed by atoms with van der Waals surface area (Å²) in [5.41, 5.74) is 0. The van der Waals surface area contributed by atoms with Crippen LogP contribution in [-0.2, 0) is 9.47 Å². The van der Waals surface area contributed by atoms with Crippen molar-refractivity contribution in [3.05, 3.63) is 0 Å². The molecule has 2 unspecified atom stereocenters. The molecule has 3 heteroatoms. The Kier molecular flexibility index (Phi) is 4.70. The van der Waals surface area contributed by atoms with Gasteiger partial charge in [-0.15, -0.1) is 0 Å². The number of likely N-dealkylation sites (tertiary alicyclic amines) is 1. The zero-order valence-electron chi connectivity index (χ0n) is 8.95. The summed E-state index contributed by atoms with van der Waals surface area (Å²) in [5.74, 6) is 0. The van der Waals surface area contributed by atoms with Gasteiger partial charge >= 0.3 is 0 Å². The van der Waals surface area contributed by atoms with E-state index in [1.54, 1.807) is 0 Å². The van der Waals surface area contributed by atoms with Crippen LogP contribution in [0, 0.1) is 0 Å². The fraction of sp³-hybridized carbons (Fsp3) is 1.00. The zero-order valence-corrected chi connectivity index (χ0v) is 8.95. The Morgan fingerprint density at radius 2 is 1.85 bits per heavy atom. The highest BCUT2D eigenvalue weighted by Crippen LogP contribution is 2.13. The average molecular weight is 187 g/mol. The van der Waals surface area contributed by atoms with E-state index in [1.165, 1.54) is 25.9 Å². The molecule has 1 aliphatic heterocycles. The Morgan fingerprint density at radius 1 is 1.23 bits per heavy atom. The van der Waals surface area contributed by atoms with Crippen molar-refractivity contribution < 1.29 is 9.47 Å². The van der Waals surface area contributed by atoms with Crippen molar-refractivity contribution in [1.29, 1.82) is 0 Å². The summed E-state index contributed by atoms with van der Waals surface area (Å²) in [5, 5.41) is 0. The molecular weight excluding hydrogens is 166 g/mol. The van der Waals surface area contributed by atoms with Crippen LogP contribution in [0.25, 0.3) is 0 Å². The lowest BCUT2D eigenvalue weighted by molar-refractivity contribution is -0.187. The predicted molar refractivity (Wildman–Crippen MR) is 52.4 cm³/mol. The van der Waals surface area contributed by atoms with Crippen molar-refractivity contribution in [3.63, 3.8) is 0 Å². The summed E-state index contributed by atoms with van der Waals surface area (Å²) < 4.78 is 11.0. The van der Waals surface area contributed by atoms with Crippen LogP contribution in [0.15, 0.2) is 0 Å². The zero-order chi connectivity index (χ0) is 9.68.